The molecule has 0 radical (unpaired) electrons. The summed E-state index contributed by atoms with van der Waals surface area (Å²) in [6, 6.07) is 1.64. The molecule has 0 saturated carbocycles. The smallest absolute Gasteiger partial charge is 0.256 e. The molecule has 0 aliphatic rings. The molecule has 0 aliphatic carbocycles. The summed E-state index contributed by atoms with van der Waals surface area (Å²) in [6.45, 7) is 1.78. The fourth-order valence-electron chi connectivity index (χ4n) is 1.55. The van der Waals surface area contributed by atoms with Gasteiger partial charge in [0.1, 0.15) is 17.2 Å². The first kappa shape index (κ1) is 12.1. The van der Waals surface area contributed by atoms with E-state index in [1.54, 1.807) is 19.2 Å². The minimum Gasteiger partial charge on any atom is -0.437 e. The lowest BCUT2D eigenvalue weighted by Gasteiger charge is -2.10. The fraction of sp³-hybridized carbons (Fsp3) is 0.0909. The van der Waals surface area contributed by atoms with Crippen molar-refractivity contribution in [1.29, 1.82) is 0 Å². The lowest BCUT2D eigenvalue weighted by Crippen LogP contribution is -2.01. The molecule has 0 atom stereocenters. The summed E-state index contributed by atoms with van der Waals surface area (Å²) < 4.78 is 7.19. The van der Waals surface area contributed by atoms with Gasteiger partial charge in [0.05, 0.1) is 11.2 Å². The zero-order valence-electron chi connectivity index (χ0n) is 9.71. The van der Waals surface area contributed by atoms with Crippen LogP contribution in [0.1, 0.15) is 5.56 Å². The number of pyridine rings is 1. The first-order valence-corrected chi connectivity index (χ1v) is 6.05. The number of hydrogen-bond acceptors (Lipinski definition) is 5. The molecule has 3 aromatic heterocycles. The highest BCUT2D eigenvalue weighted by Crippen LogP contribution is 2.29. The molecule has 0 spiro atoms. The van der Waals surface area contributed by atoms with Crippen molar-refractivity contribution in [1.82, 2.24) is 24.6 Å². The van der Waals surface area contributed by atoms with Crippen LogP contribution in [0.4, 0.5) is 0 Å². The van der Waals surface area contributed by atoms with Crippen molar-refractivity contribution in [2.24, 2.45) is 0 Å². The van der Waals surface area contributed by atoms with Crippen molar-refractivity contribution < 1.29 is 4.74 Å². The van der Waals surface area contributed by atoms with E-state index in [0.29, 0.717) is 33.1 Å². The van der Waals surface area contributed by atoms with Gasteiger partial charge in [-0.3, -0.25) is 4.98 Å². The van der Waals surface area contributed by atoms with E-state index in [9.17, 15) is 0 Å². The van der Waals surface area contributed by atoms with Crippen LogP contribution in [0.15, 0.2) is 24.8 Å². The SMILES string of the molecule is Cc1c(Cl)nc2ncnn2c1Oc1cncc(Cl)c1. The van der Waals surface area contributed by atoms with Gasteiger partial charge in [0.25, 0.3) is 5.78 Å². The monoisotopic (exact) mass is 295 g/mol. The second-order valence-electron chi connectivity index (χ2n) is 3.75. The first-order chi connectivity index (χ1) is 9.15. The van der Waals surface area contributed by atoms with Gasteiger partial charge in [-0.05, 0) is 6.92 Å². The van der Waals surface area contributed by atoms with Crippen LogP contribution in [0.5, 0.6) is 11.6 Å². The van der Waals surface area contributed by atoms with Gasteiger partial charge in [-0.2, -0.15) is 19.6 Å². The maximum atomic E-state index is 6.03. The van der Waals surface area contributed by atoms with E-state index in [4.69, 9.17) is 27.9 Å². The van der Waals surface area contributed by atoms with E-state index in [-0.39, 0.29) is 0 Å². The molecule has 8 heteroatoms. The van der Waals surface area contributed by atoms with Crippen LogP contribution >= 0.6 is 23.2 Å². The van der Waals surface area contributed by atoms with E-state index in [1.807, 2.05) is 0 Å². The maximum Gasteiger partial charge on any atom is 0.256 e. The standard InChI is InChI=1S/C11H7Cl2N5O/c1-6-9(13)17-11-15-5-16-18(11)10(6)19-8-2-7(12)3-14-4-8/h2-5H,1H3. The average Bonchev–Trinajstić information content (AvgIpc) is 2.83. The van der Waals surface area contributed by atoms with Crippen molar-refractivity contribution in [3.8, 4) is 11.6 Å². The van der Waals surface area contributed by atoms with Crippen LogP contribution in [-0.4, -0.2) is 24.6 Å². The minimum atomic E-state index is 0.311. The summed E-state index contributed by atoms with van der Waals surface area (Å²) in [5.41, 5.74) is 0.652. The topological polar surface area (TPSA) is 65.2 Å². The van der Waals surface area contributed by atoms with Gasteiger partial charge in [0.2, 0.25) is 5.88 Å². The molecule has 6 nitrogen and oxygen atoms in total. The molecule has 0 aliphatic heterocycles. The Labute approximate surface area is 118 Å². The van der Waals surface area contributed by atoms with Crippen LogP contribution in [0.3, 0.4) is 0 Å². The molecule has 19 heavy (non-hydrogen) atoms. The molecular formula is C11H7Cl2N5O. The van der Waals surface area contributed by atoms with Gasteiger partial charge in [0, 0.05) is 17.8 Å². The fourth-order valence-corrected chi connectivity index (χ4v) is 1.87. The van der Waals surface area contributed by atoms with Gasteiger partial charge in [-0.15, -0.1) is 0 Å². The molecular weight excluding hydrogens is 289 g/mol. The van der Waals surface area contributed by atoms with Crippen LogP contribution in [0.25, 0.3) is 5.78 Å². The van der Waals surface area contributed by atoms with Crippen LogP contribution in [0, 0.1) is 6.92 Å². The highest BCUT2D eigenvalue weighted by molar-refractivity contribution is 6.30. The second kappa shape index (κ2) is 4.64. The van der Waals surface area contributed by atoms with Crippen molar-refractivity contribution in [3.63, 3.8) is 0 Å². The Hall–Kier alpha value is -1.92. The summed E-state index contributed by atoms with van der Waals surface area (Å²) in [7, 11) is 0. The molecule has 0 fully saturated rings. The van der Waals surface area contributed by atoms with Crippen LogP contribution in [-0.2, 0) is 0 Å². The number of hydrogen-bond donors (Lipinski definition) is 0. The summed E-state index contributed by atoms with van der Waals surface area (Å²) in [6.07, 6.45) is 4.44. The van der Waals surface area contributed by atoms with Crippen molar-refractivity contribution in [2.45, 2.75) is 6.92 Å². The average molecular weight is 296 g/mol. The Morgan fingerprint density at radius 3 is 2.89 bits per heavy atom. The van der Waals surface area contributed by atoms with Gasteiger partial charge in [-0.1, -0.05) is 23.2 Å². The van der Waals surface area contributed by atoms with E-state index in [2.05, 4.69) is 20.1 Å². The molecule has 0 bridgehead atoms. The highest BCUT2D eigenvalue weighted by Gasteiger charge is 2.14. The lowest BCUT2D eigenvalue weighted by atomic mass is 10.3. The van der Waals surface area contributed by atoms with E-state index in [0.717, 1.165) is 0 Å². The molecule has 0 saturated heterocycles. The molecule has 0 amide bonds. The zero-order chi connectivity index (χ0) is 13.4. The molecule has 96 valence electrons. The third-order valence-electron chi connectivity index (χ3n) is 2.44. The number of nitrogens with zero attached hydrogens (tertiary/aromatic N) is 5. The van der Waals surface area contributed by atoms with Crippen LogP contribution < -0.4 is 4.74 Å². The number of ether oxygens (including phenoxy) is 1. The zero-order valence-corrected chi connectivity index (χ0v) is 11.2. The van der Waals surface area contributed by atoms with Gasteiger partial charge < -0.3 is 4.74 Å². The Morgan fingerprint density at radius 2 is 2.11 bits per heavy atom. The Morgan fingerprint density at radius 1 is 1.26 bits per heavy atom. The van der Waals surface area contributed by atoms with E-state index in [1.165, 1.54) is 17.0 Å². The van der Waals surface area contributed by atoms with Crippen molar-refractivity contribution in [2.75, 3.05) is 0 Å². The maximum absolute atomic E-state index is 6.03. The van der Waals surface area contributed by atoms with Crippen LogP contribution in [0.2, 0.25) is 10.2 Å². The quantitative estimate of drug-likeness (QED) is 0.680. The third kappa shape index (κ3) is 2.20. The van der Waals surface area contributed by atoms with Gasteiger partial charge in [-0.25, -0.2) is 0 Å². The summed E-state index contributed by atoms with van der Waals surface area (Å²) in [5.74, 6) is 1.27. The summed E-state index contributed by atoms with van der Waals surface area (Å²) in [5, 5.41) is 4.83. The number of aromatic nitrogens is 5. The first-order valence-electron chi connectivity index (χ1n) is 5.29. The molecule has 0 unspecified atom stereocenters. The lowest BCUT2D eigenvalue weighted by molar-refractivity contribution is 0.440. The normalized spacial score (nSPS) is 10.9. The number of fused-ring (bicyclic) bond motifs is 1. The molecule has 3 heterocycles. The predicted molar refractivity (Wildman–Crippen MR) is 69.9 cm³/mol. The Balaban J connectivity index is 2.14. The van der Waals surface area contributed by atoms with Gasteiger partial charge in [0.15, 0.2) is 0 Å². The van der Waals surface area contributed by atoms with E-state index < -0.39 is 0 Å². The molecule has 3 rings (SSSR count). The highest BCUT2D eigenvalue weighted by atomic mass is 35.5. The number of halogens is 2. The van der Waals surface area contributed by atoms with E-state index >= 15 is 0 Å². The van der Waals surface area contributed by atoms with Crippen molar-refractivity contribution in [3.05, 3.63) is 40.5 Å². The molecule has 0 N–H and O–H groups in total. The second-order valence-corrected chi connectivity index (χ2v) is 4.54. The Bertz CT molecular complexity index is 758. The molecule has 3 aromatic rings. The van der Waals surface area contributed by atoms with Gasteiger partial charge >= 0.3 is 0 Å². The summed E-state index contributed by atoms with van der Waals surface area (Å²) >= 11 is 11.9. The number of rotatable bonds is 2. The largest absolute Gasteiger partial charge is 0.437 e. The summed E-state index contributed by atoms with van der Waals surface area (Å²) in [4.78, 5) is 12.0. The van der Waals surface area contributed by atoms with Crippen molar-refractivity contribution >= 4 is 29.0 Å². The minimum absolute atomic E-state index is 0.311. The third-order valence-corrected chi connectivity index (χ3v) is 3.02. The Kier molecular flexibility index (Phi) is 2.96. The molecule has 0 aromatic carbocycles. The predicted octanol–water partition coefficient (Wildman–Crippen LogP) is 2.93.